The average Bonchev–Trinajstić information content (AvgIpc) is 3.12. The highest BCUT2D eigenvalue weighted by Gasteiger charge is 2.45. The lowest BCUT2D eigenvalue weighted by Gasteiger charge is -2.37. The number of benzene rings is 3. The van der Waals surface area contributed by atoms with Crippen LogP contribution >= 0.6 is 0 Å². The lowest BCUT2D eigenvalue weighted by molar-refractivity contribution is -0.385. The van der Waals surface area contributed by atoms with E-state index in [0.29, 0.717) is 5.56 Å². The third kappa shape index (κ3) is 2.66. The van der Waals surface area contributed by atoms with E-state index in [9.17, 15) is 20.2 Å². The van der Waals surface area contributed by atoms with Crippen molar-refractivity contribution in [3.8, 4) is 0 Å². The van der Waals surface area contributed by atoms with E-state index in [1.807, 2.05) is 18.2 Å². The monoisotopic (exact) mass is 387 g/mol. The van der Waals surface area contributed by atoms with Crippen LogP contribution in [-0.4, -0.2) is 9.85 Å². The Hall–Kier alpha value is -3.74. The van der Waals surface area contributed by atoms with Crippen LogP contribution in [0.2, 0.25) is 0 Å². The summed E-state index contributed by atoms with van der Waals surface area (Å²) >= 11 is 0. The van der Waals surface area contributed by atoms with Gasteiger partial charge in [0, 0.05) is 29.8 Å². The molecule has 7 nitrogen and oxygen atoms in total. The normalized spacial score (nSPS) is 21.4. The van der Waals surface area contributed by atoms with Gasteiger partial charge in [0.15, 0.2) is 0 Å². The average molecular weight is 387 g/mol. The zero-order chi connectivity index (χ0) is 20.1. The quantitative estimate of drug-likeness (QED) is 0.505. The second-order valence-electron chi connectivity index (χ2n) is 7.51. The molecule has 5 rings (SSSR count). The van der Waals surface area contributed by atoms with Gasteiger partial charge >= 0.3 is 0 Å². The fourth-order valence-electron chi connectivity index (χ4n) is 4.89. The fraction of sp³-hybridized carbons (Fsp3) is 0.182. The van der Waals surface area contributed by atoms with E-state index in [1.165, 1.54) is 17.7 Å². The summed E-state index contributed by atoms with van der Waals surface area (Å²) in [6, 6.07) is 19.5. The Kier molecular flexibility index (Phi) is 3.84. The van der Waals surface area contributed by atoms with Gasteiger partial charge in [-0.05, 0) is 35.1 Å². The minimum absolute atomic E-state index is 0.0306. The van der Waals surface area contributed by atoms with Crippen LogP contribution in [0.5, 0.6) is 0 Å². The maximum absolute atomic E-state index is 11.6. The molecule has 0 amide bonds. The van der Waals surface area contributed by atoms with Gasteiger partial charge in [-0.3, -0.25) is 20.2 Å². The Morgan fingerprint density at radius 3 is 2.31 bits per heavy atom. The Balaban J connectivity index is 1.71. The third-order valence-electron chi connectivity index (χ3n) is 6.06. The lowest BCUT2D eigenvalue weighted by Crippen LogP contribution is -2.30. The standard InChI is InChI=1S/C22H17N3O4/c26-24(27)14-9-10-19-17(12-14)21-15-6-2-1-5-13(15)11-18(21)22(23-19)16-7-3-4-8-20(16)25(28)29/h1-10,12,18,21-23H,11H2/t18-,21+,22+/m1/s1. The first-order valence-corrected chi connectivity index (χ1v) is 9.40. The van der Waals surface area contributed by atoms with E-state index >= 15 is 0 Å². The molecule has 0 fully saturated rings. The number of non-ortho nitro benzene ring substituents is 1. The molecule has 7 heteroatoms. The summed E-state index contributed by atoms with van der Waals surface area (Å²) in [6.45, 7) is 0. The predicted molar refractivity (Wildman–Crippen MR) is 108 cm³/mol. The summed E-state index contributed by atoms with van der Waals surface area (Å²) in [4.78, 5) is 22.3. The Morgan fingerprint density at radius 1 is 0.828 bits per heavy atom. The number of hydrogen-bond donors (Lipinski definition) is 1. The number of para-hydroxylation sites is 1. The highest BCUT2D eigenvalue weighted by molar-refractivity contribution is 5.66. The zero-order valence-electron chi connectivity index (χ0n) is 15.3. The molecule has 1 aliphatic carbocycles. The molecule has 0 saturated carbocycles. The smallest absolute Gasteiger partial charge is 0.274 e. The van der Waals surface area contributed by atoms with E-state index in [0.717, 1.165) is 23.2 Å². The summed E-state index contributed by atoms with van der Waals surface area (Å²) in [5.41, 5.74) is 4.78. The van der Waals surface area contributed by atoms with Crippen LogP contribution in [0.1, 0.15) is 34.2 Å². The first kappa shape index (κ1) is 17.4. The van der Waals surface area contributed by atoms with Crippen molar-refractivity contribution in [3.63, 3.8) is 0 Å². The molecule has 1 heterocycles. The zero-order valence-corrected chi connectivity index (χ0v) is 15.3. The van der Waals surface area contributed by atoms with Crippen LogP contribution in [0.3, 0.4) is 0 Å². The topological polar surface area (TPSA) is 98.3 Å². The number of nitrogens with zero attached hydrogens (tertiary/aromatic N) is 2. The van der Waals surface area contributed by atoms with Gasteiger partial charge in [-0.15, -0.1) is 0 Å². The summed E-state index contributed by atoms with van der Waals surface area (Å²) < 4.78 is 0. The van der Waals surface area contributed by atoms with Crippen molar-refractivity contribution in [2.75, 3.05) is 5.32 Å². The molecule has 3 atom stereocenters. The van der Waals surface area contributed by atoms with Gasteiger partial charge in [-0.2, -0.15) is 0 Å². The second kappa shape index (κ2) is 6.41. The largest absolute Gasteiger partial charge is 0.377 e. The minimum atomic E-state index is -0.385. The Bertz CT molecular complexity index is 1160. The molecular formula is C22H17N3O4. The van der Waals surface area contributed by atoms with Crippen molar-refractivity contribution in [2.24, 2.45) is 5.92 Å². The number of nitro benzene ring substituents is 2. The molecule has 3 aromatic rings. The van der Waals surface area contributed by atoms with Gasteiger partial charge in [0.1, 0.15) is 0 Å². The molecule has 0 radical (unpaired) electrons. The number of anilines is 1. The number of rotatable bonds is 3. The van der Waals surface area contributed by atoms with Crippen molar-refractivity contribution in [2.45, 2.75) is 18.4 Å². The lowest BCUT2D eigenvalue weighted by atomic mass is 9.75. The maximum Gasteiger partial charge on any atom is 0.274 e. The van der Waals surface area contributed by atoms with Crippen molar-refractivity contribution >= 4 is 17.1 Å². The van der Waals surface area contributed by atoms with Crippen LogP contribution in [-0.2, 0) is 6.42 Å². The van der Waals surface area contributed by atoms with Gasteiger partial charge in [0.05, 0.1) is 21.5 Å². The van der Waals surface area contributed by atoms with Crippen molar-refractivity contribution < 1.29 is 9.85 Å². The maximum atomic E-state index is 11.6. The molecule has 0 bridgehead atoms. The van der Waals surface area contributed by atoms with Gasteiger partial charge < -0.3 is 5.32 Å². The van der Waals surface area contributed by atoms with Gasteiger partial charge in [0.25, 0.3) is 11.4 Å². The van der Waals surface area contributed by atoms with Crippen LogP contribution < -0.4 is 5.32 Å². The number of nitrogens with one attached hydrogen (secondary N) is 1. The molecule has 0 saturated heterocycles. The molecular weight excluding hydrogens is 370 g/mol. The molecule has 1 N–H and O–H groups in total. The van der Waals surface area contributed by atoms with E-state index in [-0.39, 0.29) is 39.1 Å². The first-order chi connectivity index (χ1) is 14.0. The summed E-state index contributed by atoms with van der Waals surface area (Å²) in [5.74, 6) is -0.0184. The van der Waals surface area contributed by atoms with Crippen LogP contribution in [0.4, 0.5) is 17.1 Å². The minimum Gasteiger partial charge on any atom is -0.377 e. The van der Waals surface area contributed by atoms with E-state index in [4.69, 9.17) is 0 Å². The van der Waals surface area contributed by atoms with Gasteiger partial charge in [-0.25, -0.2) is 0 Å². The van der Waals surface area contributed by atoms with Crippen molar-refractivity contribution in [1.82, 2.24) is 0 Å². The number of hydrogen-bond acceptors (Lipinski definition) is 5. The van der Waals surface area contributed by atoms with Crippen molar-refractivity contribution in [3.05, 3.63) is 109 Å². The van der Waals surface area contributed by atoms with E-state index in [2.05, 4.69) is 17.4 Å². The molecule has 0 unspecified atom stereocenters. The third-order valence-corrected chi connectivity index (χ3v) is 6.06. The Labute approximate surface area is 166 Å². The number of nitro groups is 2. The summed E-state index contributed by atoms with van der Waals surface area (Å²) in [6.07, 6.45) is 0.757. The van der Waals surface area contributed by atoms with Gasteiger partial charge in [-0.1, -0.05) is 42.5 Å². The molecule has 0 spiro atoms. The van der Waals surface area contributed by atoms with E-state index < -0.39 is 0 Å². The fourth-order valence-corrected chi connectivity index (χ4v) is 4.89. The first-order valence-electron chi connectivity index (χ1n) is 9.40. The van der Waals surface area contributed by atoms with Crippen molar-refractivity contribution in [1.29, 1.82) is 0 Å². The second-order valence-corrected chi connectivity index (χ2v) is 7.51. The molecule has 0 aromatic heterocycles. The highest BCUT2D eigenvalue weighted by Crippen LogP contribution is 2.55. The van der Waals surface area contributed by atoms with Crippen LogP contribution in [0.15, 0.2) is 66.7 Å². The SMILES string of the molecule is O=[N+]([O-])c1ccc2c(c1)[C@@H]1c3ccccc3C[C@H]1[C@H](c1ccccc1[N+](=O)[O-])N2. The summed E-state index contributed by atoms with van der Waals surface area (Å²) in [7, 11) is 0. The molecule has 1 aliphatic heterocycles. The molecule has 3 aromatic carbocycles. The van der Waals surface area contributed by atoms with Gasteiger partial charge in [0.2, 0.25) is 0 Å². The predicted octanol–water partition coefficient (Wildman–Crippen LogP) is 4.97. The number of fused-ring (bicyclic) bond motifs is 5. The Morgan fingerprint density at radius 2 is 1.55 bits per heavy atom. The summed E-state index contributed by atoms with van der Waals surface area (Å²) in [5, 5.41) is 26.4. The molecule has 2 aliphatic rings. The van der Waals surface area contributed by atoms with E-state index in [1.54, 1.807) is 24.3 Å². The molecule has 29 heavy (non-hydrogen) atoms. The highest BCUT2D eigenvalue weighted by atomic mass is 16.6. The molecule has 144 valence electrons. The van der Waals surface area contributed by atoms with Crippen LogP contribution in [0.25, 0.3) is 0 Å². The van der Waals surface area contributed by atoms with Crippen LogP contribution in [0, 0.1) is 26.1 Å².